The molecule has 0 fully saturated rings. The SMILES string of the molecule is Cn1cc([N+](=O)[O-])c(N=NNc2nn(C)cc2[N+](=O)[O-])n1. The zero-order chi connectivity index (χ0) is 15.6. The van der Waals surface area contributed by atoms with Crippen LogP contribution in [0.5, 0.6) is 0 Å². The van der Waals surface area contributed by atoms with Crippen LogP contribution in [0.15, 0.2) is 22.7 Å². The van der Waals surface area contributed by atoms with E-state index in [-0.39, 0.29) is 23.0 Å². The molecule has 2 aromatic rings. The van der Waals surface area contributed by atoms with Crippen LogP contribution in [0, 0.1) is 20.2 Å². The van der Waals surface area contributed by atoms with Gasteiger partial charge in [-0.1, -0.05) is 5.22 Å². The van der Waals surface area contributed by atoms with Crippen molar-refractivity contribution >= 4 is 23.0 Å². The van der Waals surface area contributed by atoms with E-state index in [9.17, 15) is 20.2 Å². The lowest BCUT2D eigenvalue weighted by Gasteiger charge is -1.92. The van der Waals surface area contributed by atoms with Gasteiger partial charge in [0, 0.05) is 14.1 Å². The molecular formula is C8H9N9O4. The van der Waals surface area contributed by atoms with Crippen LogP contribution in [0.2, 0.25) is 0 Å². The molecule has 0 unspecified atom stereocenters. The van der Waals surface area contributed by atoms with Gasteiger partial charge in [-0.25, -0.2) is 5.43 Å². The quantitative estimate of drug-likeness (QED) is 0.490. The van der Waals surface area contributed by atoms with Gasteiger partial charge in [0.05, 0.1) is 9.85 Å². The molecule has 2 aromatic heterocycles. The molecule has 0 radical (unpaired) electrons. The van der Waals surface area contributed by atoms with E-state index in [1.54, 1.807) is 0 Å². The fourth-order valence-corrected chi connectivity index (χ4v) is 1.47. The summed E-state index contributed by atoms with van der Waals surface area (Å²) in [5.74, 6) is -0.363. The van der Waals surface area contributed by atoms with Crippen molar-refractivity contribution in [2.24, 2.45) is 24.4 Å². The Morgan fingerprint density at radius 3 is 2.29 bits per heavy atom. The lowest BCUT2D eigenvalue weighted by molar-refractivity contribution is -0.384. The first-order chi connectivity index (χ1) is 9.88. The number of hydrogen-bond acceptors (Lipinski definition) is 8. The van der Waals surface area contributed by atoms with Gasteiger partial charge < -0.3 is 0 Å². The molecule has 0 aliphatic heterocycles. The summed E-state index contributed by atoms with van der Waals surface area (Å²) in [7, 11) is 2.99. The number of rotatable bonds is 5. The minimum atomic E-state index is -0.662. The second kappa shape index (κ2) is 5.32. The first-order valence-corrected chi connectivity index (χ1v) is 5.41. The largest absolute Gasteiger partial charge is 0.335 e. The van der Waals surface area contributed by atoms with Gasteiger partial charge in [0.2, 0.25) is 5.82 Å². The predicted molar refractivity (Wildman–Crippen MR) is 67.9 cm³/mol. The molecule has 0 aliphatic carbocycles. The van der Waals surface area contributed by atoms with E-state index in [0.717, 1.165) is 6.20 Å². The summed E-state index contributed by atoms with van der Waals surface area (Å²) in [4.78, 5) is 20.2. The van der Waals surface area contributed by atoms with Crippen molar-refractivity contribution in [2.75, 3.05) is 5.43 Å². The molecule has 0 atom stereocenters. The number of aryl methyl sites for hydroxylation is 2. The van der Waals surface area contributed by atoms with Crippen molar-refractivity contribution < 1.29 is 9.85 Å². The Morgan fingerprint density at radius 2 is 1.67 bits per heavy atom. The number of aromatic nitrogens is 4. The number of nitrogens with one attached hydrogen (secondary N) is 1. The molecule has 13 heteroatoms. The third-order valence-electron chi connectivity index (χ3n) is 2.29. The summed E-state index contributed by atoms with van der Waals surface area (Å²) in [5, 5.41) is 36.0. The minimum absolute atomic E-state index is 0.134. The van der Waals surface area contributed by atoms with Gasteiger partial charge in [-0.3, -0.25) is 29.6 Å². The topological polar surface area (TPSA) is 159 Å². The Hall–Kier alpha value is -3.38. The summed E-state index contributed by atoms with van der Waals surface area (Å²) in [5.41, 5.74) is 1.62. The lowest BCUT2D eigenvalue weighted by Crippen LogP contribution is -1.94. The van der Waals surface area contributed by atoms with Gasteiger partial charge in [-0.15, -0.1) is 15.3 Å². The number of nitrogens with zero attached hydrogens (tertiary/aromatic N) is 8. The van der Waals surface area contributed by atoms with Gasteiger partial charge >= 0.3 is 11.4 Å². The standard InChI is InChI=1S/C8H9N9O4/c1-14-3-5(16(18)19)7(11-14)9-13-10-8-6(17(20)21)4-15(2)12-8/h3-4H,1-2H3,(H,9,10,11,12). The summed E-state index contributed by atoms with van der Waals surface area (Å²) < 4.78 is 2.43. The summed E-state index contributed by atoms with van der Waals surface area (Å²) in [6.07, 6.45) is 2.35. The smallest absolute Gasteiger partial charge is 0.266 e. The normalized spacial score (nSPS) is 11.0. The molecule has 2 rings (SSSR count). The summed E-state index contributed by atoms with van der Waals surface area (Å²) in [6.45, 7) is 0. The third kappa shape index (κ3) is 2.96. The minimum Gasteiger partial charge on any atom is -0.266 e. The van der Waals surface area contributed by atoms with Crippen LogP contribution < -0.4 is 5.43 Å². The Balaban J connectivity index is 2.20. The first kappa shape index (κ1) is 14.0. The molecule has 2 heterocycles. The van der Waals surface area contributed by atoms with E-state index in [1.165, 1.54) is 29.7 Å². The highest BCUT2D eigenvalue weighted by molar-refractivity contribution is 5.54. The van der Waals surface area contributed by atoms with Crippen molar-refractivity contribution in [1.29, 1.82) is 0 Å². The van der Waals surface area contributed by atoms with E-state index < -0.39 is 9.85 Å². The summed E-state index contributed by atoms with van der Waals surface area (Å²) in [6, 6.07) is 0. The molecule has 0 saturated carbocycles. The van der Waals surface area contributed by atoms with Crippen LogP contribution >= 0.6 is 0 Å². The maximum Gasteiger partial charge on any atom is 0.335 e. The van der Waals surface area contributed by atoms with Gasteiger partial charge in [-0.2, -0.15) is 0 Å². The molecule has 0 spiro atoms. The molecule has 13 nitrogen and oxygen atoms in total. The Morgan fingerprint density at radius 1 is 1.10 bits per heavy atom. The number of nitro groups is 2. The first-order valence-electron chi connectivity index (χ1n) is 5.41. The average Bonchev–Trinajstić information content (AvgIpc) is 2.93. The molecule has 0 amide bonds. The van der Waals surface area contributed by atoms with Gasteiger partial charge in [0.1, 0.15) is 12.4 Å². The summed E-state index contributed by atoms with van der Waals surface area (Å²) >= 11 is 0. The zero-order valence-corrected chi connectivity index (χ0v) is 10.9. The third-order valence-corrected chi connectivity index (χ3v) is 2.29. The van der Waals surface area contributed by atoms with Gasteiger partial charge in [-0.05, 0) is 0 Å². The van der Waals surface area contributed by atoms with Crippen molar-refractivity contribution in [2.45, 2.75) is 0 Å². The average molecular weight is 295 g/mol. The van der Waals surface area contributed by atoms with Crippen molar-refractivity contribution in [3.05, 3.63) is 32.6 Å². The van der Waals surface area contributed by atoms with Gasteiger partial charge in [0.15, 0.2) is 0 Å². The molecule has 0 bridgehead atoms. The molecule has 21 heavy (non-hydrogen) atoms. The van der Waals surface area contributed by atoms with Crippen LogP contribution in [0.25, 0.3) is 0 Å². The van der Waals surface area contributed by atoms with E-state index in [1.807, 2.05) is 0 Å². The second-order valence-corrected chi connectivity index (χ2v) is 3.87. The molecule has 0 aromatic carbocycles. The van der Waals surface area contributed by atoms with Crippen LogP contribution in [-0.2, 0) is 14.1 Å². The maximum absolute atomic E-state index is 10.7. The van der Waals surface area contributed by atoms with Crippen LogP contribution in [0.3, 0.4) is 0 Å². The molecular weight excluding hydrogens is 286 g/mol. The van der Waals surface area contributed by atoms with Crippen LogP contribution in [0.4, 0.5) is 23.0 Å². The van der Waals surface area contributed by atoms with Crippen LogP contribution in [-0.4, -0.2) is 29.4 Å². The fourth-order valence-electron chi connectivity index (χ4n) is 1.47. The molecule has 0 aliphatic rings. The fraction of sp³-hybridized carbons (Fsp3) is 0.250. The molecule has 1 N–H and O–H groups in total. The lowest BCUT2D eigenvalue weighted by atomic mass is 10.5. The highest BCUT2D eigenvalue weighted by atomic mass is 16.6. The predicted octanol–water partition coefficient (Wildman–Crippen LogP) is 1.08. The van der Waals surface area contributed by atoms with E-state index in [2.05, 4.69) is 26.0 Å². The van der Waals surface area contributed by atoms with E-state index in [4.69, 9.17) is 0 Å². The monoisotopic (exact) mass is 295 g/mol. The van der Waals surface area contributed by atoms with E-state index in [0.29, 0.717) is 0 Å². The molecule has 0 saturated heterocycles. The second-order valence-electron chi connectivity index (χ2n) is 3.87. The number of hydrogen-bond donors (Lipinski definition) is 1. The Labute approximate surface area is 116 Å². The highest BCUT2D eigenvalue weighted by Gasteiger charge is 2.20. The van der Waals surface area contributed by atoms with Gasteiger partial charge in [0.25, 0.3) is 5.82 Å². The maximum atomic E-state index is 10.7. The van der Waals surface area contributed by atoms with Crippen molar-refractivity contribution in [1.82, 2.24) is 19.6 Å². The zero-order valence-electron chi connectivity index (χ0n) is 10.9. The van der Waals surface area contributed by atoms with E-state index >= 15 is 0 Å². The number of anilines is 1. The highest BCUT2D eigenvalue weighted by Crippen LogP contribution is 2.26. The van der Waals surface area contributed by atoms with Crippen molar-refractivity contribution in [3.63, 3.8) is 0 Å². The Kier molecular flexibility index (Phi) is 3.55. The molecule has 110 valence electrons. The van der Waals surface area contributed by atoms with Crippen molar-refractivity contribution in [3.8, 4) is 0 Å². The Bertz CT molecular complexity index is 730. The van der Waals surface area contributed by atoms with Crippen LogP contribution in [0.1, 0.15) is 0 Å².